The lowest BCUT2D eigenvalue weighted by Gasteiger charge is -2.22. The maximum atomic E-state index is 6.17. The van der Waals surface area contributed by atoms with Crippen molar-refractivity contribution in [3.05, 3.63) is 35.4 Å². The van der Waals surface area contributed by atoms with Gasteiger partial charge >= 0.3 is 0 Å². The Hall–Kier alpha value is -1.59. The van der Waals surface area contributed by atoms with Crippen LogP contribution >= 0.6 is 0 Å². The Morgan fingerprint density at radius 2 is 1.68 bits per heavy atom. The van der Waals surface area contributed by atoms with Crippen LogP contribution in [0.2, 0.25) is 0 Å². The van der Waals surface area contributed by atoms with Crippen molar-refractivity contribution in [2.45, 2.75) is 57.8 Å². The highest BCUT2D eigenvalue weighted by molar-refractivity contribution is 5.78. The average molecular weight is 345 g/mol. The zero-order chi connectivity index (χ0) is 17.3. The molecule has 2 aliphatic heterocycles. The largest absolute Gasteiger partial charge is 0.381 e. The van der Waals surface area contributed by atoms with Crippen LogP contribution in [0.5, 0.6) is 0 Å². The lowest BCUT2D eigenvalue weighted by molar-refractivity contribution is -0.0390. The maximum absolute atomic E-state index is 6.17. The topological polar surface area (TPSA) is 60.1 Å². The smallest absolute Gasteiger partial charge is 0.191 e. The van der Waals surface area contributed by atoms with Gasteiger partial charge in [-0.2, -0.15) is 0 Å². The quantitative estimate of drug-likeness (QED) is 0.658. The van der Waals surface area contributed by atoms with Crippen LogP contribution in [-0.2, 0) is 22.6 Å². The third kappa shape index (κ3) is 6.01. The molecular formula is C20H31N3O2. The van der Waals surface area contributed by atoms with Crippen molar-refractivity contribution < 1.29 is 9.47 Å². The van der Waals surface area contributed by atoms with Gasteiger partial charge in [0.05, 0.1) is 19.3 Å². The Balaban J connectivity index is 1.45. The van der Waals surface area contributed by atoms with E-state index >= 15 is 0 Å². The van der Waals surface area contributed by atoms with Gasteiger partial charge in [-0.05, 0) is 36.8 Å². The summed E-state index contributed by atoms with van der Waals surface area (Å²) in [5.74, 6) is 0.689. The summed E-state index contributed by atoms with van der Waals surface area (Å²) in [6, 6.07) is 8.52. The number of aliphatic imine (C=N–C) groups is 1. The van der Waals surface area contributed by atoms with Crippen LogP contribution in [0.4, 0.5) is 0 Å². The van der Waals surface area contributed by atoms with Gasteiger partial charge in [0, 0.05) is 26.3 Å². The van der Waals surface area contributed by atoms with E-state index in [0.29, 0.717) is 25.2 Å². The summed E-state index contributed by atoms with van der Waals surface area (Å²) in [6.45, 7) is 5.03. The van der Waals surface area contributed by atoms with E-state index in [4.69, 9.17) is 15.2 Å². The number of benzene rings is 1. The number of rotatable bonds is 5. The van der Waals surface area contributed by atoms with E-state index < -0.39 is 0 Å². The van der Waals surface area contributed by atoms with Crippen molar-refractivity contribution in [1.82, 2.24) is 4.90 Å². The molecule has 0 bridgehead atoms. The molecule has 1 aromatic rings. The molecule has 0 spiro atoms. The monoisotopic (exact) mass is 345 g/mol. The van der Waals surface area contributed by atoms with Crippen molar-refractivity contribution >= 4 is 5.96 Å². The van der Waals surface area contributed by atoms with Crippen molar-refractivity contribution in [2.24, 2.45) is 10.7 Å². The van der Waals surface area contributed by atoms with E-state index in [1.54, 1.807) is 0 Å². The normalized spacial score (nSPS) is 20.5. The van der Waals surface area contributed by atoms with Crippen molar-refractivity contribution in [3.8, 4) is 0 Å². The SMILES string of the molecule is NC(=NCc1ccc(COC2CCOCC2)cc1)N1CCCCCC1. The summed E-state index contributed by atoms with van der Waals surface area (Å²) in [7, 11) is 0. The molecule has 0 aromatic heterocycles. The molecule has 138 valence electrons. The third-order valence-corrected chi connectivity index (χ3v) is 5.03. The van der Waals surface area contributed by atoms with Gasteiger partial charge in [0.15, 0.2) is 5.96 Å². The van der Waals surface area contributed by atoms with E-state index in [2.05, 4.69) is 34.2 Å². The molecule has 2 aliphatic rings. The first-order valence-corrected chi connectivity index (χ1v) is 9.63. The van der Waals surface area contributed by atoms with Gasteiger partial charge in [0.1, 0.15) is 0 Å². The standard InChI is InChI=1S/C20H31N3O2/c21-20(23-11-3-1-2-4-12-23)22-15-17-5-7-18(8-6-17)16-25-19-9-13-24-14-10-19/h5-8,19H,1-4,9-16H2,(H2,21,22). The number of likely N-dealkylation sites (tertiary alicyclic amines) is 1. The summed E-state index contributed by atoms with van der Waals surface area (Å²) in [5, 5.41) is 0. The molecule has 0 amide bonds. The maximum Gasteiger partial charge on any atom is 0.191 e. The van der Waals surface area contributed by atoms with Crippen LogP contribution in [0.15, 0.2) is 29.3 Å². The van der Waals surface area contributed by atoms with Gasteiger partial charge in [-0.25, -0.2) is 4.99 Å². The van der Waals surface area contributed by atoms with Crippen LogP contribution < -0.4 is 5.73 Å². The van der Waals surface area contributed by atoms with E-state index in [1.807, 2.05) is 0 Å². The molecule has 2 N–H and O–H groups in total. The lowest BCUT2D eigenvalue weighted by atomic mass is 10.1. The molecule has 25 heavy (non-hydrogen) atoms. The summed E-state index contributed by atoms with van der Waals surface area (Å²) in [5.41, 5.74) is 8.57. The minimum Gasteiger partial charge on any atom is -0.381 e. The Morgan fingerprint density at radius 3 is 2.36 bits per heavy atom. The molecular weight excluding hydrogens is 314 g/mol. The van der Waals surface area contributed by atoms with Gasteiger partial charge in [0.25, 0.3) is 0 Å². The second-order valence-electron chi connectivity index (χ2n) is 7.01. The highest BCUT2D eigenvalue weighted by atomic mass is 16.5. The Kier molecular flexibility index (Phi) is 7.12. The predicted octanol–water partition coefficient (Wildman–Crippen LogP) is 3.07. The molecule has 0 saturated carbocycles. The van der Waals surface area contributed by atoms with E-state index in [0.717, 1.165) is 39.1 Å². The number of nitrogens with two attached hydrogens (primary N) is 1. The first kappa shape index (κ1) is 18.2. The molecule has 2 fully saturated rings. The highest BCUT2D eigenvalue weighted by Gasteiger charge is 2.14. The van der Waals surface area contributed by atoms with Gasteiger partial charge in [-0.15, -0.1) is 0 Å². The van der Waals surface area contributed by atoms with Gasteiger partial charge < -0.3 is 20.1 Å². The number of hydrogen-bond acceptors (Lipinski definition) is 3. The number of ether oxygens (including phenoxy) is 2. The van der Waals surface area contributed by atoms with Crippen molar-refractivity contribution in [1.29, 1.82) is 0 Å². The van der Waals surface area contributed by atoms with Gasteiger partial charge in [0.2, 0.25) is 0 Å². The minimum atomic E-state index is 0.339. The van der Waals surface area contributed by atoms with Crippen molar-refractivity contribution in [2.75, 3.05) is 26.3 Å². The Labute approximate surface area is 151 Å². The molecule has 3 rings (SSSR count). The van der Waals surface area contributed by atoms with E-state index in [1.165, 1.54) is 36.8 Å². The molecule has 2 saturated heterocycles. The van der Waals surface area contributed by atoms with Crippen molar-refractivity contribution in [3.63, 3.8) is 0 Å². The lowest BCUT2D eigenvalue weighted by Crippen LogP contribution is -2.38. The summed E-state index contributed by atoms with van der Waals surface area (Å²) in [6.07, 6.45) is 7.40. The Morgan fingerprint density at radius 1 is 1.04 bits per heavy atom. The average Bonchev–Trinajstić information content (AvgIpc) is 2.96. The second-order valence-corrected chi connectivity index (χ2v) is 7.01. The number of nitrogens with zero attached hydrogens (tertiary/aromatic N) is 2. The zero-order valence-electron chi connectivity index (χ0n) is 15.2. The first-order valence-electron chi connectivity index (χ1n) is 9.63. The number of guanidine groups is 1. The third-order valence-electron chi connectivity index (χ3n) is 5.03. The van der Waals surface area contributed by atoms with Crippen LogP contribution in [0, 0.1) is 0 Å². The van der Waals surface area contributed by atoms with E-state index in [-0.39, 0.29) is 0 Å². The van der Waals surface area contributed by atoms with Crippen LogP contribution in [0.1, 0.15) is 49.7 Å². The predicted molar refractivity (Wildman–Crippen MR) is 100 cm³/mol. The molecule has 5 heteroatoms. The van der Waals surface area contributed by atoms with Crippen LogP contribution in [-0.4, -0.2) is 43.3 Å². The van der Waals surface area contributed by atoms with Crippen LogP contribution in [0.25, 0.3) is 0 Å². The van der Waals surface area contributed by atoms with E-state index in [9.17, 15) is 0 Å². The fraction of sp³-hybridized carbons (Fsp3) is 0.650. The zero-order valence-corrected chi connectivity index (χ0v) is 15.2. The molecule has 5 nitrogen and oxygen atoms in total. The number of hydrogen-bond donors (Lipinski definition) is 1. The van der Waals surface area contributed by atoms with Gasteiger partial charge in [-0.3, -0.25) is 0 Å². The molecule has 0 aliphatic carbocycles. The Bertz CT molecular complexity index is 530. The molecule has 0 atom stereocenters. The second kappa shape index (κ2) is 9.78. The first-order chi connectivity index (χ1) is 12.3. The minimum absolute atomic E-state index is 0.339. The molecule has 0 unspecified atom stereocenters. The molecule has 1 aromatic carbocycles. The summed E-state index contributed by atoms with van der Waals surface area (Å²) >= 11 is 0. The highest BCUT2D eigenvalue weighted by Crippen LogP contribution is 2.14. The summed E-state index contributed by atoms with van der Waals surface area (Å²) in [4.78, 5) is 6.81. The van der Waals surface area contributed by atoms with Crippen LogP contribution in [0.3, 0.4) is 0 Å². The summed E-state index contributed by atoms with van der Waals surface area (Å²) < 4.78 is 11.3. The fourth-order valence-corrected chi connectivity index (χ4v) is 3.37. The molecule has 2 heterocycles. The van der Waals surface area contributed by atoms with Gasteiger partial charge in [-0.1, -0.05) is 37.1 Å². The fourth-order valence-electron chi connectivity index (χ4n) is 3.37. The molecule has 0 radical (unpaired) electrons.